The molecule has 3 aromatic rings. The van der Waals surface area contributed by atoms with Crippen molar-refractivity contribution in [2.24, 2.45) is 0 Å². The molecule has 0 bridgehead atoms. The van der Waals surface area contributed by atoms with E-state index in [9.17, 15) is 0 Å². The summed E-state index contributed by atoms with van der Waals surface area (Å²) in [5, 5.41) is 10.8. The molecule has 5 nitrogen and oxygen atoms in total. The minimum atomic E-state index is 0.312. The number of aromatic amines is 1. The number of nitrogens with zero attached hydrogens (tertiary/aromatic N) is 2. The average Bonchev–Trinajstić information content (AvgIpc) is 3.07. The first kappa shape index (κ1) is 12.5. The molecule has 0 fully saturated rings. The standard InChI is InChI=1S/C15H16N4O/c1-9(2)10-3-5-11(6-4-10)13-14(19-20-15(13)16)12-7-8-17-18-12/h3-9H,16H2,1-2H3,(H,17,18). The molecule has 3 N–H and O–H groups in total. The van der Waals surface area contributed by atoms with Crippen molar-refractivity contribution in [2.75, 3.05) is 5.73 Å². The highest BCUT2D eigenvalue weighted by Gasteiger charge is 2.18. The summed E-state index contributed by atoms with van der Waals surface area (Å²) < 4.78 is 5.13. The molecule has 0 radical (unpaired) electrons. The number of nitrogens with one attached hydrogen (secondary N) is 1. The van der Waals surface area contributed by atoms with Crippen molar-refractivity contribution in [1.82, 2.24) is 15.4 Å². The van der Waals surface area contributed by atoms with Gasteiger partial charge in [0.2, 0.25) is 5.88 Å². The van der Waals surface area contributed by atoms with E-state index in [0.717, 1.165) is 16.8 Å². The maximum atomic E-state index is 5.91. The van der Waals surface area contributed by atoms with Crippen molar-refractivity contribution in [3.05, 3.63) is 42.1 Å². The van der Waals surface area contributed by atoms with E-state index in [4.69, 9.17) is 10.3 Å². The summed E-state index contributed by atoms with van der Waals surface area (Å²) in [4.78, 5) is 0. The fourth-order valence-electron chi connectivity index (χ4n) is 2.19. The Morgan fingerprint density at radius 1 is 1.15 bits per heavy atom. The molecule has 0 atom stereocenters. The summed E-state index contributed by atoms with van der Waals surface area (Å²) in [6.45, 7) is 4.33. The molecule has 0 saturated heterocycles. The highest BCUT2D eigenvalue weighted by atomic mass is 16.5. The number of hydrogen-bond donors (Lipinski definition) is 2. The van der Waals surface area contributed by atoms with Crippen molar-refractivity contribution >= 4 is 5.88 Å². The third-order valence-electron chi connectivity index (χ3n) is 3.34. The lowest BCUT2D eigenvalue weighted by Gasteiger charge is -2.06. The molecule has 0 aliphatic rings. The average molecular weight is 268 g/mol. The Hall–Kier alpha value is -2.56. The Bertz CT molecular complexity index is 696. The smallest absolute Gasteiger partial charge is 0.230 e. The molecule has 2 aromatic heterocycles. The maximum absolute atomic E-state index is 5.91. The van der Waals surface area contributed by atoms with Crippen molar-refractivity contribution in [3.63, 3.8) is 0 Å². The number of rotatable bonds is 3. The van der Waals surface area contributed by atoms with Gasteiger partial charge in [-0.25, -0.2) is 0 Å². The third-order valence-corrected chi connectivity index (χ3v) is 3.34. The maximum Gasteiger partial charge on any atom is 0.230 e. The molecule has 0 aliphatic heterocycles. The van der Waals surface area contributed by atoms with Crippen LogP contribution in [0.4, 0.5) is 5.88 Å². The summed E-state index contributed by atoms with van der Waals surface area (Å²) in [6, 6.07) is 10.1. The first-order valence-electron chi connectivity index (χ1n) is 6.52. The van der Waals surface area contributed by atoms with Gasteiger partial charge in [0.15, 0.2) is 0 Å². The minimum Gasteiger partial charge on any atom is -0.367 e. The summed E-state index contributed by atoms with van der Waals surface area (Å²) in [6.07, 6.45) is 1.67. The number of nitrogen functional groups attached to an aromatic ring is 1. The van der Waals surface area contributed by atoms with Crippen LogP contribution in [0.1, 0.15) is 25.3 Å². The normalized spacial score (nSPS) is 11.2. The number of aromatic nitrogens is 3. The molecule has 0 aliphatic carbocycles. The van der Waals surface area contributed by atoms with Crippen LogP contribution in [-0.2, 0) is 0 Å². The second-order valence-corrected chi connectivity index (χ2v) is 5.02. The van der Waals surface area contributed by atoms with Gasteiger partial charge in [0.1, 0.15) is 5.69 Å². The van der Waals surface area contributed by atoms with Gasteiger partial charge in [-0.05, 0) is 23.1 Å². The Kier molecular flexibility index (Phi) is 3.02. The van der Waals surface area contributed by atoms with E-state index in [-0.39, 0.29) is 0 Å². The molecule has 0 amide bonds. The second-order valence-electron chi connectivity index (χ2n) is 5.02. The fraction of sp³-hybridized carbons (Fsp3) is 0.200. The van der Waals surface area contributed by atoms with Crippen LogP contribution in [0.3, 0.4) is 0 Å². The summed E-state index contributed by atoms with van der Waals surface area (Å²) >= 11 is 0. The molecule has 5 heteroatoms. The van der Waals surface area contributed by atoms with Crippen LogP contribution < -0.4 is 5.73 Å². The summed E-state index contributed by atoms with van der Waals surface area (Å²) in [5.74, 6) is 0.808. The van der Waals surface area contributed by atoms with Crippen LogP contribution in [-0.4, -0.2) is 15.4 Å². The fourth-order valence-corrected chi connectivity index (χ4v) is 2.19. The van der Waals surface area contributed by atoms with Crippen molar-refractivity contribution in [3.8, 4) is 22.5 Å². The van der Waals surface area contributed by atoms with Crippen molar-refractivity contribution in [1.29, 1.82) is 0 Å². The predicted molar refractivity (Wildman–Crippen MR) is 78.0 cm³/mol. The van der Waals surface area contributed by atoms with E-state index in [1.165, 1.54) is 5.56 Å². The Labute approximate surface area is 116 Å². The van der Waals surface area contributed by atoms with Gasteiger partial charge in [-0.2, -0.15) is 5.10 Å². The molecule has 0 unspecified atom stereocenters. The monoisotopic (exact) mass is 268 g/mol. The van der Waals surface area contributed by atoms with E-state index >= 15 is 0 Å². The van der Waals surface area contributed by atoms with Gasteiger partial charge in [0.25, 0.3) is 0 Å². The minimum absolute atomic E-state index is 0.312. The van der Waals surface area contributed by atoms with Gasteiger partial charge in [-0.3, -0.25) is 5.10 Å². The van der Waals surface area contributed by atoms with Crippen LogP contribution in [0.25, 0.3) is 22.5 Å². The number of H-pyrrole nitrogens is 1. The Morgan fingerprint density at radius 2 is 1.90 bits per heavy atom. The molecule has 0 spiro atoms. The topological polar surface area (TPSA) is 80.7 Å². The molecule has 3 rings (SSSR count). The quantitative estimate of drug-likeness (QED) is 0.762. The van der Waals surface area contributed by atoms with E-state index in [2.05, 4.69) is 41.3 Å². The Morgan fingerprint density at radius 3 is 2.50 bits per heavy atom. The SMILES string of the molecule is CC(C)c1ccc(-c2c(-c3ccn[nH]3)noc2N)cc1. The molecular formula is C15H16N4O. The molecule has 20 heavy (non-hydrogen) atoms. The first-order chi connectivity index (χ1) is 9.66. The van der Waals surface area contributed by atoms with Gasteiger partial charge in [0, 0.05) is 6.20 Å². The predicted octanol–water partition coefficient (Wildman–Crippen LogP) is 3.44. The van der Waals surface area contributed by atoms with Crippen LogP contribution in [0.2, 0.25) is 0 Å². The van der Waals surface area contributed by atoms with Crippen molar-refractivity contribution in [2.45, 2.75) is 19.8 Å². The highest BCUT2D eigenvalue weighted by molar-refractivity contribution is 5.85. The zero-order valence-corrected chi connectivity index (χ0v) is 11.4. The lowest BCUT2D eigenvalue weighted by atomic mass is 9.98. The largest absolute Gasteiger partial charge is 0.367 e. The number of benzene rings is 1. The summed E-state index contributed by atoms with van der Waals surface area (Å²) in [5.41, 5.74) is 10.4. The lowest BCUT2D eigenvalue weighted by Crippen LogP contribution is -1.90. The van der Waals surface area contributed by atoms with Crippen LogP contribution >= 0.6 is 0 Å². The number of nitrogens with two attached hydrogens (primary N) is 1. The molecule has 102 valence electrons. The van der Waals surface area contributed by atoms with E-state index < -0.39 is 0 Å². The number of anilines is 1. The van der Waals surface area contributed by atoms with E-state index in [0.29, 0.717) is 17.5 Å². The van der Waals surface area contributed by atoms with Gasteiger partial charge < -0.3 is 10.3 Å². The molecule has 1 aromatic carbocycles. The lowest BCUT2D eigenvalue weighted by molar-refractivity contribution is 0.439. The van der Waals surface area contributed by atoms with Crippen molar-refractivity contribution < 1.29 is 4.52 Å². The van der Waals surface area contributed by atoms with Crippen LogP contribution in [0.15, 0.2) is 41.1 Å². The molecular weight excluding hydrogens is 252 g/mol. The van der Waals surface area contributed by atoms with Gasteiger partial charge in [-0.15, -0.1) is 0 Å². The zero-order chi connectivity index (χ0) is 14.1. The van der Waals surface area contributed by atoms with Gasteiger partial charge in [0.05, 0.1) is 11.3 Å². The number of hydrogen-bond acceptors (Lipinski definition) is 4. The Balaban J connectivity index is 2.08. The second kappa shape index (κ2) is 4.85. The highest BCUT2D eigenvalue weighted by Crippen LogP contribution is 2.35. The zero-order valence-electron chi connectivity index (χ0n) is 11.4. The first-order valence-corrected chi connectivity index (χ1v) is 6.52. The van der Waals surface area contributed by atoms with E-state index in [1.807, 2.05) is 18.2 Å². The van der Waals surface area contributed by atoms with Crippen LogP contribution in [0, 0.1) is 0 Å². The van der Waals surface area contributed by atoms with E-state index in [1.54, 1.807) is 6.20 Å². The van der Waals surface area contributed by atoms with Gasteiger partial charge >= 0.3 is 0 Å². The molecule has 2 heterocycles. The molecule has 0 saturated carbocycles. The van der Waals surface area contributed by atoms with Crippen LogP contribution in [0.5, 0.6) is 0 Å². The third kappa shape index (κ3) is 2.07. The van der Waals surface area contributed by atoms with Gasteiger partial charge in [-0.1, -0.05) is 43.3 Å². The summed E-state index contributed by atoms with van der Waals surface area (Å²) in [7, 11) is 0.